The first-order chi connectivity index (χ1) is 10.7. The summed E-state index contributed by atoms with van der Waals surface area (Å²) in [4.78, 5) is 29.8. The molecule has 6 heteroatoms. The maximum absolute atomic E-state index is 12.5. The molecular formula is C16H24N4O2. The predicted octanol–water partition coefficient (Wildman–Crippen LogP) is 1.84. The third-order valence-electron chi connectivity index (χ3n) is 3.78. The van der Waals surface area contributed by atoms with Gasteiger partial charge in [0, 0.05) is 25.5 Å². The zero-order valence-corrected chi connectivity index (χ0v) is 13.0. The Labute approximate surface area is 131 Å². The number of pyridine rings is 1. The summed E-state index contributed by atoms with van der Waals surface area (Å²) in [6.45, 7) is 3.48. The fourth-order valence-corrected chi connectivity index (χ4v) is 2.53. The topological polar surface area (TPSA) is 74.3 Å². The number of hydrogen-bond acceptors (Lipinski definition) is 3. The summed E-state index contributed by atoms with van der Waals surface area (Å²) in [5.41, 5.74) is 1.00. The van der Waals surface area contributed by atoms with E-state index in [-0.39, 0.29) is 24.5 Å². The Balaban J connectivity index is 2.02. The number of amides is 3. The molecule has 1 aliphatic heterocycles. The Morgan fingerprint density at radius 2 is 2.41 bits per heavy atom. The fourth-order valence-electron chi connectivity index (χ4n) is 2.53. The highest BCUT2D eigenvalue weighted by Crippen LogP contribution is 2.19. The molecule has 1 atom stereocenters. The molecule has 0 radical (unpaired) electrons. The molecule has 120 valence electrons. The molecule has 1 aliphatic rings. The van der Waals surface area contributed by atoms with Gasteiger partial charge in [0.25, 0.3) is 0 Å². The van der Waals surface area contributed by atoms with Crippen molar-refractivity contribution < 1.29 is 9.59 Å². The molecule has 1 saturated heterocycles. The molecule has 2 N–H and O–H groups in total. The molecule has 0 spiro atoms. The van der Waals surface area contributed by atoms with Gasteiger partial charge in [-0.2, -0.15) is 0 Å². The van der Waals surface area contributed by atoms with Crippen molar-refractivity contribution >= 4 is 11.9 Å². The number of carbonyl (C=O) groups excluding carboxylic acids is 2. The van der Waals surface area contributed by atoms with Crippen LogP contribution in [0.4, 0.5) is 4.79 Å². The van der Waals surface area contributed by atoms with Crippen LogP contribution in [-0.2, 0) is 4.79 Å². The summed E-state index contributed by atoms with van der Waals surface area (Å²) in [7, 11) is 0. The van der Waals surface area contributed by atoms with E-state index in [1.165, 1.54) is 0 Å². The lowest BCUT2D eigenvalue weighted by Gasteiger charge is -2.25. The first kappa shape index (κ1) is 16.3. The first-order valence-corrected chi connectivity index (χ1v) is 7.92. The van der Waals surface area contributed by atoms with E-state index in [0.717, 1.165) is 31.2 Å². The van der Waals surface area contributed by atoms with Gasteiger partial charge < -0.3 is 15.5 Å². The van der Waals surface area contributed by atoms with Crippen LogP contribution in [0.5, 0.6) is 0 Å². The van der Waals surface area contributed by atoms with E-state index in [0.29, 0.717) is 13.1 Å². The number of nitrogens with zero attached hydrogens (tertiary/aromatic N) is 2. The van der Waals surface area contributed by atoms with Crippen molar-refractivity contribution in [1.29, 1.82) is 0 Å². The van der Waals surface area contributed by atoms with Crippen molar-refractivity contribution in [3.05, 3.63) is 30.1 Å². The molecule has 1 aromatic rings. The van der Waals surface area contributed by atoms with Gasteiger partial charge in [-0.25, -0.2) is 4.79 Å². The molecule has 3 amide bonds. The summed E-state index contributed by atoms with van der Waals surface area (Å²) in [5.74, 6) is -0.0980. The minimum atomic E-state index is -0.179. The van der Waals surface area contributed by atoms with Crippen molar-refractivity contribution in [2.24, 2.45) is 0 Å². The average Bonchev–Trinajstić information content (AvgIpc) is 2.76. The average molecular weight is 304 g/mol. The van der Waals surface area contributed by atoms with Crippen LogP contribution < -0.4 is 10.6 Å². The smallest absolute Gasteiger partial charge is 0.318 e. The van der Waals surface area contributed by atoms with Gasteiger partial charge in [0.1, 0.15) is 6.54 Å². The highest BCUT2D eigenvalue weighted by atomic mass is 16.2. The Morgan fingerprint density at radius 3 is 3.14 bits per heavy atom. The number of rotatable bonds is 5. The van der Waals surface area contributed by atoms with E-state index < -0.39 is 0 Å². The largest absolute Gasteiger partial charge is 0.354 e. The third kappa shape index (κ3) is 4.72. The van der Waals surface area contributed by atoms with Crippen molar-refractivity contribution in [2.45, 2.75) is 38.6 Å². The second-order valence-electron chi connectivity index (χ2n) is 5.56. The standard InChI is InChI=1S/C16H24N4O2/c1-2-3-7-14(13-6-4-8-17-11-13)19-16(22)20-10-5-9-18-15(21)12-20/h4,6,8,11,14H,2-3,5,7,9-10,12H2,1H3,(H,18,21)(H,19,22)/t14-/m0/s1. The quantitative estimate of drug-likeness (QED) is 0.871. The van der Waals surface area contributed by atoms with Crippen molar-refractivity contribution in [1.82, 2.24) is 20.5 Å². The lowest BCUT2D eigenvalue weighted by Crippen LogP contribution is -2.44. The second-order valence-corrected chi connectivity index (χ2v) is 5.56. The van der Waals surface area contributed by atoms with Gasteiger partial charge in [-0.1, -0.05) is 25.8 Å². The molecule has 0 aromatic carbocycles. The molecule has 1 fully saturated rings. The zero-order chi connectivity index (χ0) is 15.8. The lowest BCUT2D eigenvalue weighted by molar-refractivity contribution is -0.121. The number of hydrogen-bond donors (Lipinski definition) is 2. The number of nitrogens with one attached hydrogen (secondary N) is 2. The Hall–Kier alpha value is -2.11. The molecule has 2 heterocycles. The highest BCUT2D eigenvalue weighted by Gasteiger charge is 2.22. The van der Waals surface area contributed by atoms with Crippen LogP contribution in [0.1, 0.15) is 44.2 Å². The zero-order valence-electron chi connectivity index (χ0n) is 13.0. The Kier molecular flexibility index (Phi) is 6.18. The summed E-state index contributed by atoms with van der Waals surface area (Å²) < 4.78 is 0. The van der Waals surface area contributed by atoms with E-state index in [4.69, 9.17) is 0 Å². The van der Waals surface area contributed by atoms with Crippen LogP contribution in [0.25, 0.3) is 0 Å². The molecule has 6 nitrogen and oxygen atoms in total. The van der Waals surface area contributed by atoms with E-state index >= 15 is 0 Å². The van der Waals surface area contributed by atoms with Gasteiger partial charge in [-0.15, -0.1) is 0 Å². The number of aromatic nitrogens is 1. The summed E-state index contributed by atoms with van der Waals surface area (Å²) in [5, 5.41) is 5.83. The van der Waals surface area contributed by atoms with Gasteiger partial charge in [0.05, 0.1) is 6.04 Å². The maximum atomic E-state index is 12.5. The van der Waals surface area contributed by atoms with Crippen molar-refractivity contribution in [3.8, 4) is 0 Å². The van der Waals surface area contributed by atoms with Gasteiger partial charge in [0.2, 0.25) is 5.91 Å². The molecule has 0 unspecified atom stereocenters. The van der Waals surface area contributed by atoms with Crippen LogP contribution in [0.3, 0.4) is 0 Å². The highest BCUT2D eigenvalue weighted by molar-refractivity contribution is 5.84. The van der Waals surface area contributed by atoms with E-state index in [9.17, 15) is 9.59 Å². The van der Waals surface area contributed by atoms with Gasteiger partial charge in [0.15, 0.2) is 0 Å². The number of unbranched alkanes of at least 4 members (excludes halogenated alkanes) is 1. The Morgan fingerprint density at radius 1 is 1.55 bits per heavy atom. The van der Waals surface area contributed by atoms with Gasteiger partial charge in [-0.05, 0) is 24.5 Å². The normalized spacial score (nSPS) is 16.6. The summed E-state index contributed by atoms with van der Waals surface area (Å²) in [6.07, 6.45) is 7.26. The van der Waals surface area contributed by atoms with E-state index in [2.05, 4.69) is 22.5 Å². The van der Waals surface area contributed by atoms with E-state index in [1.54, 1.807) is 17.3 Å². The second kappa shape index (κ2) is 8.36. The number of urea groups is 1. The van der Waals surface area contributed by atoms with Crippen LogP contribution in [0, 0.1) is 0 Å². The Bertz CT molecular complexity index is 492. The molecule has 0 aliphatic carbocycles. The molecule has 2 rings (SSSR count). The molecule has 0 bridgehead atoms. The summed E-state index contributed by atoms with van der Waals surface area (Å²) in [6, 6.07) is 3.61. The predicted molar refractivity (Wildman–Crippen MR) is 84.2 cm³/mol. The van der Waals surface area contributed by atoms with Gasteiger partial charge >= 0.3 is 6.03 Å². The SMILES string of the molecule is CCCC[C@H](NC(=O)N1CCCNC(=O)C1)c1cccnc1. The van der Waals surface area contributed by atoms with Crippen LogP contribution in [0.2, 0.25) is 0 Å². The number of carbonyl (C=O) groups is 2. The minimum absolute atomic E-state index is 0.0625. The third-order valence-corrected chi connectivity index (χ3v) is 3.78. The minimum Gasteiger partial charge on any atom is -0.354 e. The monoisotopic (exact) mass is 304 g/mol. The molecule has 1 aromatic heterocycles. The van der Waals surface area contributed by atoms with Crippen LogP contribution in [0.15, 0.2) is 24.5 Å². The van der Waals surface area contributed by atoms with Crippen LogP contribution >= 0.6 is 0 Å². The van der Waals surface area contributed by atoms with Crippen molar-refractivity contribution in [2.75, 3.05) is 19.6 Å². The first-order valence-electron chi connectivity index (χ1n) is 7.92. The summed E-state index contributed by atoms with van der Waals surface area (Å²) >= 11 is 0. The fraction of sp³-hybridized carbons (Fsp3) is 0.562. The van der Waals surface area contributed by atoms with Crippen LogP contribution in [-0.4, -0.2) is 41.5 Å². The van der Waals surface area contributed by atoms with Crippen molar-refractivity contribution in [3.63, 3.8) is 0 Å². The molecule has 0 saturated carbocycles. The van der Waals surface area contributed by atoms with E-state index in [1.807, 2.05) is 12.1 Å². The maximum Gasteiger partial charge on any atom is 0.318 e. The molecule has 22 heavy (non-hydrogen) atoms. The lowest BCUT2D eigenvalue weighted by atomic mass is 10.0. The molecular weight excluding hydrogens is 280 g/mol. The van der Waals surface area contributed by atoms with Gasteiger partial charge in [-0.3, -0.25) is 9.78 Å².